The number of phenolic OH excluding ortho intramolecular Hbond substituents is 1. The number of fused-ring (bicyclic) bond motifs is 1. The number of methoxy groups -OCH3 is 1. The maximum absolute atomic E-state index is 12.3. The summed E-state index contributed by atoms with van der Waals surface area (Å²) in [5.41, 5.74) is 4.84. The molecule has 2 aromatic heterocycles. The SMILES string of the molecule is C=CCn1c(Cn2nnc3ccccc32)nnc1SCC(=O)N/N=C\c1ccc(O)c(OC)c1. The van der Waals surface area contributed by atoms with Crippen LogP contribution >= 0.6 is 11.8 Å². The summed E-state index contributed by atoms with van der Waals surface area (Å²) in [6, 6.07) is 12.4. The van der Waals surface area contributed by atoms with Crippen LogP contribution in [-0.2, 0) is 17.9 Å². The van der Waals surface area contributed by atoms with Crippen LogP contribution in [0.4, 0.5) is 0 Å². The molecule has 2 heterocycles. The highest BCUT2D eigenvalue weighted by molar-refractivity contribution is 7.99. The number of aromatic nitrogens is 6. The summed E-state index contributed by atoms with van der Waals surface area (Å²) in [6.07, 6.45) is 3.21. The summed E-state index contributed by atoms with van der Waals surface area (Å²) < 4.78 is 8.69. The Morgan fingerprint density at radius 2 is 2.12 bits per heavy atom. The lowest BCUT2D eigenvalue weighted by Gasteiger charge is -2.08. The fraction of sp³-hybridized carbons (Fsp3) is 0.182. The number of hydrazone groups is 1. The van der Waals surface area contributed by atoms with Crippen LogP contribution in [0.3, 0.4) is 0 Å². The van der Waals surface area contributed by atoms with Crippen molar-refractivity contribution >= 4 is 34.9 Å². The van der Waals surface area contributed by atoms with Crippen molar-refractivity contribution in [3.63, 3.8) is 0 Å². The number of rotatable bonds is 10. The van der Waals surface area contributed by atoms with Gasteiger partial charge in [-0.25, -0.2) is 10.1 Å². The number of amides is 1. The van der Waals surface area contributed by atoms with E-state index in [-0.39, 0.29) is 17.4 Å². The molecule has 0 aliphatic rings. The minimum atomic E-state index is -0.302. The third-order valence-electron chi connectivity index (χ3n) is 4.76. The third kappa shape index (κ3) is 5.23. The number of para-hydroxylation sites is 1. The van der Waals surface area contributed by atoms with E-state index in [0.717, 1.165) is 11.0 Å². The molecular weight excluding hydrogens is 456 g/mol. The molecule has 0 aliphatic carbocycles. The summed E-state index contributed by atoms with van der Waals surface area (Å²) in [6.45, 7) is 4.67. The summed E-state index contributed by atoms with van der Waals surface area (Å²) in [5, 5.41) is 31.1. The first-order valence-electron chi connectivity index (χ1n) is 10.2. The van der Waals surface area contributed by atoms with Crippen LogP contribution in [0.5, 0.6) is 11.5 Å². The second-order valence-electron chi connectivity index (χ2n) is 7.05. The van der Waals surface area contributed by atoms with Gasteiger partial charge >= 0.3 is 0 Å². The summed E-state index contributed by atoms with van der Waals surface area (Å²) >= 11 is 1.24. The fourth-order valence-electron chi connectivity index (χ4n) is 3.14. The first-order chi connectivity index (χ1) is 16.6. The van der Waals surface area contributed by atoms with Gasteiger partial charge in [-0.15, -0.1) is 21.9 Å². The van der Waals surface area contributed by atoms with Crippen LogP contribution in [0.25, 0.3) is 11.0 Å². The number of phenols is 1. The molecule has 0 radical (unpaired) electrons. The van der Waals surface area contributed by atoms with E-state index < -0.39 is 0 Å². The Balaban J connectivity index is 1.38. The van der Waals surface area contributed by atoms with E-state index in [9.17, 15) is 9.90 Å². The Kier molecular flexibility index (Phi) is 7.18. The van der Waals surface area contributed by atoms with Crippen LogP contribution in [0, 0.1) is 0 Å². The van der Waals surface area contributed by atoms with Crippen LogP contribution in [0.1, 0.15) is 11.4 Å². The normalized spacial score (nSPS) is 11.2. The standard InChI is InChI=1S/C22H22N8O3S/c1-3-10-29-20(13-30-17-7-5-4-6-16(17)24-28-30)25-27-22(29)34-14-21(32)26-23-12-15-8-9-18(31)19(11-15)33-2/h3-9,11-12,31H,1,10,13-14H2,2H3,(H,26,32)/b23-12-. The van der Waals surface area contributed by atoms with Crippen molar-refractivity contribution in [2.45, 2.75) is 18.2 Å². The molecule has 2 N–H and O–H groups in total. The molecule has 0 fully saturated rings. The lowest BCUT2D eigenvalue weighted by molar-refractivity contribution is -0.118. The van der Waals surface area contributed by atoms with Gasteiger partial charge in [0.05, 0.1) is 24.6 Å². The fourth-order valence-corrected chi connectivity index (χ4v) is 3.90. The molecule has 0 bridgehead atoms. The van der Waals surface area contributed by atoms with Gasteiger partial charge in [-0.1, -0.05) is 35.2 Å². The minimum Gasteiger partial charge on any atom is -0.504 e. The molecule has 0 saturated heterocycles. The van der Waals surface area contributed by atoms with Crippen molar-refractivity contribution in [1.29, 1.82) is 0 Å². The van der Waals surface area contributed by atoms with Gasteiger partial charge in [0.15, 0.2) is 22.5 Å². The molecule has 2 aromatic carbocycles. The van der Waals surface area contributed by atoms with E-state index in [1.807, 2.05) is 28.8 Å². The maximum atomic E-state index is 12.3. The Morgan fingerprint density at radius 1 is 1.26 bits per heavy atom. The molecule has 0 saturated carbocycles. The van der Waals surface area contributed by atoms with Gasteiger partial charge in [-0.05, 0) is 35.9 Å². The number of ether oxygens (including phenoxy) is 1. The highest BCUT2D eigenvalue weighted by Crippen LogP contribution is 2.25. The van der Waals surface area contributed by atoms with Gasteiger partial charge in [0.2, 0.25) is 0 Å². The number of benzene rings is 2. The van der Waals surface area contributed by atoms with Crippen LogP contribution in [0.15, 0.2) is 65.4 Å². The topological polar surface area (TPSA) is 132 Å². The van der Waals surface area contributed by atoms with Crippen molar-refractivity contribution in [2.24, 2.45) is 5.10 Å². The van der Waals surface area contributed by atoms with Crippen LogP contribution in [-0.4, -0.2) is 59.8 Å². The van der Waals surface area contributed by atoms with Gasteiger partial charge in [0, 0.05) is 6.54 Å². The molecule has 34 heavy (non-hydrogen) atoms. The first-order valence-corrected chi connectivity index (χ1v) is 11.2. The lowest BCUT2D eigenvalue weighted by atomic mass is 10.2. The Bertz CT molecular complexity index is 1350. The number of aromatic hydroxyl groups is 1. The summed E-state index contributed by atoms with van der Waals surface area (Å²) in [4.78, 5) is 12.3. The predicted molar refractivity (Wildman–Crippen MR) is 128 cm³/mol. The number of carbonyl (C=O) groups is 1. The van der Waals surface area contributed by atoms with Crippen molar-refractivity contribution < 1.29 is 14.6 Å². The molecule has 4 aromatic rings. The maximum Gasteiger partial charge on any atom is 0.250 e. The summed E-state index contributed by atoms with van der Waals surface area (Å²) in [5.74, 6) is 0.821. The van der Waals surface area contributed by atoms with Crippen LogP contribution in [0.2, 0.25) is 0 Å². The Hall–Kier alpha value is -4.19. The molecular formula is C22H22N8O3S. The van der Waals surface area contributed by atoms with Gasteiger partial charge in [-0.2, -0.15) is 5.10 Å². The van der Waals surface area contributed by atoms with Gasteiger partial charge < -0.3 is 14.4 Å². The highest BCUT2D eigenvalue weighted by Gasteiger charge is 2.15. The van der Waals surface area contributed by atoms with E-state index in [1.165, 1.54) is 31.2 Å². The molecule has 0 spiro atoms. The summed E-state index contributed by atoms with van der Waals surface area (Å²) in [7, 11) is 1.46. The zero-order valence-corrected chi connectivity index (χ0v) is 19.1. The molecule has 12 heteroatoms. The van der Waals surface area contributed by atoms with Gasteiger partial charge in [0.1, 0.15) is 12.1 Å². The predicted octanol–water partition coefficient (Wildman–Crippen LogP) is 2.21. The second kappa shape index (κ2) is 10.6. The third-order valence-corrected chi connectivity index (χ3v) is 5.72. The monoisotopic (exact) mass is 478 g/mol. The van der Waals surface area contributed by atoms with E-state index >= 15 is 0 Å². The average molecular weight is 479 g/mol. The second-order valence-corrected chi connectivity index (χ2v) is 7.99. The molecule has 1 amide bonds. The molecule has 4 rings (SSSR count). The number of allylic oxidation sites excluding steroid dienone is 1. The average Bonchev–Trinajstić information content (AvgIpc) is 3.43. The number of nitrogens with one attached hydrogen (secondary N) is 1. The van der Waals surface area contributed by atoms with Crippen molar-refractivity contribution in [3.8, 4) is 11.5 Å². The number of nitrogens with zero attached hydrogens (tertiary/aromatic N) is 7. The van der Waals surface area contributed by atoms with Gasteiger partial charge in [-0.3, -0.25) is 4.79 Å². The molecule has 0 aliphatic heterocycles. The molecule has 174 valence electrons. The Morgan fingerprint density at radius 3 is 2.94 bits per heavy atom. The molecule has 0 atom stereocenters. The van der Waals surface area contributed by atoms with E-state index in [1.54, 1.807) is 22.9 Å². The smallest absolute Gasteiger partial charge is 0.250 e. The molecule has 11 nitrogen and oxygen atoms in total. The van der Waals surface area contributed by atoms with Crippen molar-refractivity contribution in [3.05, 3.63) is 66.5 Å². The largest absolute Gasteiger partial charge is 0.504 e. The van der Waals surface area contributed by atoms with Crippen molar-refractivity contribution in [2.75, 3.05) is 12.9 Å². The van der Waals surface area contributed by atoms with E-state index in [0.29, 0.717) is 35.4 Å². The Labute approximate surface area is 199 Å². The highest BCUT2D eigenvalue weighted by atomic mass is 32.2. The number of hydrogen-bond acceptors (Lipinski definition) is 9. The quantitative estimate of drug-likeness (QED) is 0.153. The minimum absolute atomic E-state index is 0.0279. The number of thioether (sulfide) groups is 1. The first kappa shape index (κ1) is 23.0. The number of carbonyl (C=O) groups excluding carboxylic acids is 1. The lowest BCUT2D eigenvalue weighted by Crippen LogP contribution is -2.20. The van der Waals surface area contributed by atoms with Gasteiger partial charge in [0.25, 0.3) is 5.91 Å². The van der Waals surface area contributed by atoms with Crippen molar-refractivity contribution in [1.82, 2.24) is 35.2 Å². The zero-order valence-electron chi connectivity index (χ0n) is 18.3. The number of hydrogen-bond donors (Lipinski definition) is 2. The zero-order chi connectivity index (χ0) is 23.9. The van der Waals surface area contributed by atoms with E-state index in [4.69, 9.17) is 4.74 Å². The molecule has 0 unspecified atom stereocenters. The van der Waals surface area contributed by atoms with Crippen LogP contribution < -0.4 is 10.2 Å². The van der Waals surface area contributed by atoms with E-state index in [2.05, 4.69) is 37.6 Å².